The second-order valence-electron chi connectivity index (χ2n) is 7.49. The number of carbonyl (C=O) groups excluding carboxylic acids is 2. The standard InChI is InChI=1S/C19H23Cl2FN4O4S/c1-19(2,3)30-18(29)23-9-13-25-26-17(31-13)11-6-4-10(5-7-11)14(27)12(8-22)24-16(28)15(20)21/h4-7,12,14-15,27H,8-9H2,1-3H3,(H,23,29)(H,24,28)/t12?,14-/m1/s1. The van der Waals surface area contributed by atoms with Crippen molar-refractivity contribution < 1.29 is 23.8 Å². The number of hydrogen-bond donors (Lipinski definition) is 3. The van der Waals surface area contributed by atoms with Crippen LogP contribution in [0.25, 0.3) is 10.6 Å². The summed E-state index contributed by atoms with van der Waals surface area (Å²) >= 11 is 12.2. The van der Waals surface area contributed by atoms with Gasteiger partial charge < -0.3 is 20.5 Å². The molecule has 2 aromatic rings. The minimum atomic E-state index is -1.36. The van der Waals surface area contributed by atoms with Gasteiger partial charge in [0.1, 0.15) is 28.4 Å². The van der Waals surface area contributed by atoms with Crippen LogP contribution in [0.4, 0.5) is 9.18 Å². The minimum absolute atomic E-state index is 0.170. The molecule has 1 unspecified atom stereocenters. The molecule has 0 aliphatic carbocycles. The molecule has 12 heteroatoms. The van der Waals surface area contributed by atoms with Crippen LogP contribution in [0.2, 0.25) is 0 Å². The van der Waals surface area contributed by atoms with Crippen LogP contribution in [0.15, 0.2) is 24.3 Å². The highest BCUT2D eigenvalue weighted by molar-refractivity contribution is 7.14. The molecule has 0 saturated heterocycles. The molecule has 8 nitrogen and oxygen atoms in total. The van der Waals surface area contributed by atoms with Crippen molar-refractivity contribution in [3.8, 4) is 10.6 Å². The topological polar surface area (TPSA) is 113 Å². The van der Waals surface area contributed by atoms with Gasteiger partial charge in [0.05, 0.1) is 12.6 Å². The van der Waals surface area contributed by atoms with Crippen LogP contribution in [-0.2, 0) is 16.1 Å². The summed E-state index contributed by atoms with van der Waals surface area (Å²) in [6, 6.07) is 5.37. The lowest BCUT2D eigenvalue weighted by molar-refractivity contribution is -0.121. The highest BCUT2D eigenvalue weighted by Crippen LogP contribution is 2.26. The van der Waals surface area contributed by atoms with Crippen LogP contribution in [0.5, 0.6) is 0 Å². The highest BCUT2D eigenvalue weighted by Gasteiger charge is 2.25. The van der Waals surface area contributed by atoms with E-state index in [1.165, 1.54) is 11.3 Å². The molecule has 2 amide bonds. The number of nitrogens with one attached hydrogen (secondary N) is 2. The van der Waals surface area contributed by atoms with Gasteiger partial charge in [0, 0.05) is 5.56 Å². The molecule has 0 bridgehead atoms. The van der Waals surface area contributed by atoms with Gasteiger partial charge >= 0.3 is 6.09 Å². The summed E-state index contributed by atoms with van der Waals surface area (Å²) in [5.74, 6) is -0.789. The molecular formula is C19H23Cl2FN4O4S. The Morgan fingerprint density at radius 3 is 2.42 bits per heavy atom. The summed E-state index contributed by atoms with van der Waals surface area (Å²) in [6.07, 6.45) is -1.84. The summed E-state index contributed by atoms with van der Waals surface area (Å²) in [5, 5.41) is 24.5. The van der Waals surface area contributed by atoms with Gasteiger partial charge in [-0.25, -0.2) is 9.18 Å². The zero-order valence-electron chi connectivity index (χ0n) is 17.1. The molecule has 0 aliphatic rings. The zero-order chi connectivity index (χ0) is 23.2. The fourth-order valence-electron chi connectivity index (χ4n) is 2.41. The van der Waals surface area contributed by atoms with Crippen molar-refractivity contribution >= 4 is 46.5 Å². The molecule has 0 spiro atoms. The number of aliphatic hydroxyl groups excluding tert-OH is 1. The Bertz CT molecular complexity index is 890. The molecule has 1 aromatic carbocycles. The molecule has 1 heterocycles. The van der Waals surface area contributed by atoms with Gasteiger partial charge in [-0.2, -0.15) is 0 Å². The lowest BCUT2D eigenvalue weighted by Crippen LogP contribution is -2.43. The maximum atomic E-state index is 13.3. The normalized spacial score (nSPS) is 13.5. The first kappa shape index (κ1) is 25.3. The van der Waals surface area contributed by atoms with Crippen molar-refractivity contribution in [2.75, 3.05) is 6.67 Å². The van der Waals surface area contributed by atoms with Crippen molar-refractivity contribution in [1.29, 1.82) is 0 Å². The summed E-state index contributed by atoms with van der Waals surface area (Å²) in [5.41, 5.74) is 0.519. The van der Waals surface area contributed by atoms with Crippen molar-refractivity contribution in [3.05, 3.63) is 34.8 Å². The molecule has 0 fully saturated rings. The average Bonchev–Trinajstić information content (AvgIpc) is 3.17. The number of ether oxygens (including phenoxy) is 1. The Morgan fingerprint density at radius 2 is 1.87 bits per heavy atom. The van der Waals surface area contributed by atoms with Crippen LogP contribution in [0, 0.1) is 0 Å². The van der Waals surface area contributed by atoms with Gasteiger partial charge in [-0.05, 0) is 26.3 Å². The second kappa shape index (κ2) is 11.0. The quantitative estimate of drug-likeness (QED) is 0.485. The van der Waals surface area contributed by atoms with E-state index in [2.05, 4.69) is 20.8 Å². The number of benzene rings is 1. The molecule has 1 aromatic heterocycles. The zero-order valence-corrected chi connectivity index (χ0v) is 19.4. The third kappa shape index (κ3) is 7.88. The first-order valence-electron chi connectivity index (χ1n) is 9.22. The number of aliphatic hydroxyl groups is 1. The van der Waals surface area contributed by atoms with Crippen molar-refractivity contribution in [2.45, 2.75) is 49.9 Å². The molecule has 0 saturated carbocycles. The van der Waals surface area contributed by atoms with Crippen LogP contribution in [0.3, 0.4) is 0 Å². The van der Waals surface area contributed by atoms with Crippen LogP contribution in [0.1, 0.15) is 37.4 Å². The first-order valence-corrected chi connectivity index (χ1v) is 10.9. The van der Waals surface area contributed by atoms with E-state index in [0.29, 0.717) is 15.6 Å². The van der Waals surface area contributed by atoms with E-state index in [-0.39, 0.29) is 6.54 Å². The second-order valence-corrected chi connectivity index (χ2v) is 9.65. The van der Waals surface area contributed by atoms with Gasteiger partial charge in [-0.15, -0.1) is 10.2 Å². The molecule has 31 heavy (non-hydrogen) atoms. The summed E-state index contributed by atoms with van der Waals surface area (Å²) in [4.78, 5) is 21.9. The van der Waals surface area contributed by atoms with Crippen molar-refractivity contribution in [3.63, 3.8) is 0 Å². The largest absolute Gasteiger partial charge is 0.444 e. The number of alkyl halides is 3. The fraction of sp³-hybridized carbons (Fsp3) is 0.474. The van der Waals surface area contributed by atoms with E-state index >= 15 is 0 Å². The third-order valence-electron chi connectivity index (χ3n) is 3.82. The predicted octanol–water partition coefficient (Wildman–Crippen LogP) is 3.52. The van der Waals surface area contributed by atoms with Crippen LogP contribution < -0.4 is 10.6 Å². The van der Waals surface area contributed by atoms with Gasteiger partial charge in [-0.1, -0.05) is 58.8 Å². The number of aromatic nitrogens is 2. The van der Waals surface area contributed by atoms with Gasteiger partial charge in [0.15, 0.2) is 4.84 Å². The van der Waals surface area contributed by atoms with Crippen LogP contribution in [-0.4, -0.2) is 50.5 Å². The third-order valence-corrected chi connectivity index (χ3v) is 5.19. The monoisotopic (exact) mass is 492 g/mol. The molecule has 3 N–H and O–H groups in total. The van der Waals surface area contributed by atoms with E-state index in [0.717, 1.165) is 5.56 Å². The lowest BCUT2D eigenvalue weighted by atomic mass is 10.0. The Morgan fingerprint density at radius 1 is 1.23 bits per heavy atom. The minimum Gasteiger partial charge on any atom is -0.444 e. The van der Waals surface area contributed by atoms with Gasteiger partial charge in [-0.3, -0.25) is 4.79 Å². The molecule has 0 radical (unpaired) electrons. The molecule has 2 atom stereocenters. The molecule has 170 valence electrons. The van der Waals surface area contributed by atoms with Gasteiger partial charge in [0.25, 0.3) is 5.91 Å². The average molecular weight is 493 g/mol. The maximum Gasteiger partial charge on any atom is 0.408 e. The van der Waals surface area contributed by atoms with E-state index in [9.17, 15) is 19.1 Å². The number of rotatable bonds is 8. The highest BCUT2D eigenvalue weighted by atomic mass is 35.5. The number of alkyl carbamates (subject to hydrolysis) is 1. The predicted molar refractivity (Wildman–Crippen MR) is 117 cm³/mol. The first-order chi connectivity index (χ1) is 14.5. The van der Waals surface area contributed by atoms with E-state index < -0.39 is 41.3 Å². The number of nitrogens with zero attached hydrogens (tertiary/aromatic N) is 2. The summed E-state index contributed by atoms with van der Waals surface area (Å²) in [7, 11) is 0. The van der Waals surface area contributed by atoms with E-state index in [1.54, 1.807) is 45.0 Å². The number of halogens is 3. The number of amides is 2. The Hall–Kier alpha value is -2.01. The van der Waals surface area contributed by atoms with Crippen molar-refractivity contribution in [2.24, 2.45) is 0 Å². The lowest BCUT2D eigenvalue weighted by Gasteiger charge is -2.22. The molecule has 2 rings (SSSR count). The maximum absolute atomic E-state index is 13.3. The number of hydrogen-bond acceptors (Lipinski definition) is 7. The van der Waals surface area contributed by atoms with Gasteiger partial charge in [0.2, 0.25) is 0 Å². The van der Waals surface area contributed by atoms with E-state index in [1.807, 2.05) is 0 Å². The van der Waals surface area contributed by atoms with Crippen LogP contribution >= 0.6 is 34.5 Å². The molecular weight excluding hydrogens is 470 g/mol. The Labute approximate surface area is 193 Å². The molecule has 0 aliphatic heterocycles. The SMILES string of the molecule is CC(C)(C)OC(=O)NCc1nnc(-c2ccc([C@@H](O)C(CF)NC(=O)C(Cl)Cl)cc2)s1. The smallest absolute Gasteiger partial charge is 0.408 e. The fourth-order valence-corrected chi connectivity index (χ4v) is 3.32. The summed E-state index contributed by atoms with van der Waals surface area (Å²) < 4.78 is 18.4. The number of carbonyl (C=O) groups is 2. The Balaban J connectivity index is 2.00. The van der Waals surface area contributed by atoms with Crippen molar-refractivity contribution in [1.82, 2.24) is 20.8 Å². The Kier molecular flexibility index (Phi) is 8.99. The summed E-state index contributed by atoms with van der Waals surface area (Å²) in [6.45, 7) is 4.48. The van der Waals surface area contributed by atoms with E-state index in [4.69, 9.17) is 27.9 Å².